The Morgan fingerprint density at radius 2 is 2.22 bits per heavy atom. The Balaban J connectivity index is 2.38. The van der Waals surface area contributed by atoms with E-state index in [-0.39, 0.29) is 11.4 Å². The first-order valence-corrected chi connectivity index (χ1v) is 7.17. The summed E-state index contributed by atoms with van der Waals surface area (Å²) < 4.78 is 25.7. The zero-order valence-electron chi connectivity index (χ0n) is 10.1. The van der Waals surface area contributed by atoms with Crippen LogP contribution in [0.1, 0.15) is 19.8 Å². The number of hydrogen-bond acceptors (Lipinski definition) is 4. The van der Waals surface area contributed by atoms with Gasteiger partial charge >= 0.3 is 0 Å². The SMILES string of the molecule is CC1(O)CCCN(S(=O)(=O)c2c[nH]ccc2=O)C1. The van der Waals surface area contributed by atoms with Gasteiger partial charge < -0.3 is 10.1 Å². The number of nitrogens with one attached hydrogen (secondary N) is 1. The summed E-state index contributed by atoms with van der Waals surface area (Å²) >= 11 is 0. The molecular formula is C11H16N2O4S. The molecule has 0 aromatic carbocycles. The van der Waals surface area contributed by atoms with Crippen molar-refractivity contribution in [2.75, 3.05) is 13.1 Å². The monoisotopic (exact) mass is 272 g/mol. The molecule has 1 aliphatic rings. The average molecular weight is 272 g/mol. The van der Waals surface area contributed by atoms with E-state index < -0.39 is 21.1 Å². The minimum absolute atomic E-state index is 0.0175. The third-order valence-electron chi connectivity index (χ3n) is 3.05. The summed E-state index contributed by atoms with van der Waals surface area (Å²) in [5, 5.41) is 9.93. The van der Waals surface area contributed by atoms with Gasteiger partial charge in [0.2, 0.25) is 15.5 Å². The second-order valence-electron chi connectivity index (χ2n) is 4.81. The molecule has 6 nitrogen and oxygen atoms in total. The van der Waals surface area contributed by atoms with Crippen LogP contribution >= 0.6 is 0 Å². The van der Waals surface area contributed by atoms with E-state index >= 15 is 0 Å². The first-order valence-electron chi connectivity index (χ1n) is 5.73. The Labute approximate surface area is 105 Å². The molecule has 18 heavy (non-hydrogen) atoms. The van der Waals surface area contributed by atoms with Gasteiger partial charge in [0.1, 0.15) is 4.90 Å². The van der Waals surface area contributed by atoms with Crippen molar-refractivity contribution in [3.8, 4) is 0 Å². The lowest BCUT2D eigenvalue weighted by Crippen LogP contribution is -2.49. The summed E-state index contributed by atoms with van der Waals surface area (Å²) in [5.41, 5.74) is -1.58. The first kappa shape index (κ1) is 13.3. The summed E-state index contributed by atoms with van der Waals surface area (Å²) in [6, 6.07) is 1.18. The number of rotatable bonds is 2. The number of β-amino-alcohol motifs (C(OH)–C–C–N with tert-alkyl or cyclic N) is 1. The summed E-state index contributed by atoms with van der Waals surface area (Å²) in [6.45, 7) is 1.94. The van der Waals surface area contributed by atoms with Gasteiger partial charge in [0.15, 0.2) is 0 Å². The third-order valence-corrected chi connectivity index (χ3v) is 4.91. The molecule has 2 heterocycles. The maximum Gasteiger partial charge on any atom is 0.248 e. The van der Waals surface area contributed by atoms with Crippen LogP contribution in [0, 0.1) is 0 Å². The van der Waals surface area contributed by atoms with Crippen LogP contribution in [-0.2, 0) is 10.0 Å². The Kier molecular flexibility index (Phi) is 3.31. The highest BCUT2D eigenvalue weighted by atomic mass is 32.2. The van der Waals surface area contributed by atoms with E-state index in [4.69, 9.17) is 0 Å². The van der Waals surface area contributed by atoms with Crippen LogP contribution in [0.25, 0.3) is 0 Å². The molecular weight excluding hydrogens is 256 g/mol. The fraction of sp³-hybridized carbons (Fsp3) is 0.545. The van der Waals surface area contributed by atoms with E-state index in [9.17, 15) is 18.3 Å². The van der Waals surface area contributed by atoms with Crippen LogP contribution in [-0.4, -0.2) is 41.5 Å². The van der Waals surface area contributed by atoms with Crippen molar-refractivity contribution in [3.05, 3.63) is 28.7 Å². The summed E-state index contributed by atoms with van der Waals surface area (Å²) in [7, 11) is -3.83. The fourth-order valence-electron chi connectivity index (χ4n) is 2.12. The molecule has 2 N–H and O–H groups in total. The molecule has 7 heteroatoms. The zero-order valence-corrected chi connectivity index (χ0v) is 10.9. The average Bonchev–Trinajstić information content (AvgIpc) is 2.28. The lowest BCUT2D eigenvalue weighted by Gasteiger charge is -2.35. The standard InChI is InChI=1S/C11H16N2O4S/c1-11(15)4-2-6-13(8-11)18(16,17)10-7-12-5-3-9(10)14/h3,5,7,15H,2,4,6,8H2,1H3,(H,12,14). The predicted molar refractivity (Wildman–Crippen MR) is 65.7 cm³/mol. The number of aliphatic hydroxyl groups is 1. The van der Waals surface area contributed by atoms with Crippen molar-refractivity contribution in [2.24, 2.45) is 0 Å². The lowest BCUT2D eigenvalue weighted by molar-refractivity contribution is 0.00938. The number of sulfonamides is 1. The number of aromatic nitrogens is 1. The van der Waals surface area contributed by atoms with E-state index in [1.165, 1.54) is 22.8 Å². The molecule has 1 atom stereocenters. The maximum atomic E-state index is 12.3. The summed E-state index contributed by atoms with van der Waals surface area (Å²) in [6.07, 6.45) is 3.70. The molecule has 1 aromatic heterocycles. The van der Waals surface area contributed by atoms with Gasteiger partial charge in [0, 0.05) is 31.5 Å². The van der Waals surface area contributed by atoms with Crippen molar-refractivity contribution in [2.45, 2.75) is 30.3 Å². The lowest BCUT2D eigenvalue weighted by atomic mass is 9.97. The first-order chi connectivity index (χ1) is 8.33. The quantitative estimate of drug-likeness (QED) is 0.787. The number of piperidine rings is 1. The fourth-order valence-corrected chi connectivity index (χ4v) is 3.76. The van der Waals surface area contributed by atoms with Gasteiger partial charge in [0.25, 0.3) is 0 Å². The van der Waals surface area contributed by atoms with Crippen LogP contribution in [0.4, 0.5) is 0 Å². The number of H-pyrrole nitrogens is 1. The smallest absolute Gasteiger partial charge is 0.248 e. The molecule has 1 fully saturated rings. The maximum absolute atomic E-state index is 12.3. The van der Waals surface area contributed by atoms with Gasteiger partial charge in [-0.1, -0.05) is 0 Å². The van der Waals surface area contributed by atoms with E-state index in [1.807, 2.05) is 0 Å². The van der Waals surface area contributed by atoms with Crippen LogP contribution in [0.15, 0.2) is 28.2 Å². The molecule has 2 rings (SSSR count). The molecule has 0 bridgehead atoms. The highest BCUT2D eigenvalue weighted by Crippen LogP contribution is 2.24. The van der Waals surface area contributed by atoms with Crippen molar-refractivity contribution in [1.82, 2.24) is 9.29 Å². The Hall–Kier alpha value is -1.18. The van der Waals surface area contributed by atoms with Gasteiger partial charge in [-0.05, 0) is 19.8 Å². The molecule has 0 saturated carbocycles. The largest absolute Gasteiger partial charge is 0.389 e. The second kappa shape index (κ2) is 4.49. The van der Waals surface area contributed by atoms with Crippen molar-refractivity contribution < 1.29 is 13.5 Å². The number of nitrogens with zero attached hydrogens (tertiary/aromatic N) is 1. The molecule has 1 aromatic rings. The molecule has 0 spiro atoms. The molecule has 1 unspecified atom stereocenters. The van der Waals surface area contributed by atoms with Crippen LogP contribution in [0.5, 0.6) is 0 Å². The highest BCUT2D eigenvalue weighted by Gasteiger charge is 2.36. The number of hydrogen-bond donors (Lipinski definition) is 2. The van der Waals surface area contributed by atoms with E-state index in [0.29, 0.717) is 19.4 Å². The van der Waals surface area contributed by atoms with Crippen molar-refractivity contribution >= 4 is 10.0 Å². The Morgan fingerprint density at radius 3 is 2.83 bits per heavy atom. The topological polar surface area (TPSA) is 90.5 Å². The zero-order chi connectivity index (χ0) is 13.4. The number of pyridine rings is 1. The van der Waals surface area contributed by atoms with E-state index in [1.54, 1.807) is 6.92 Å². The molecule has 0 aliphatic carbocycles. The normalized spacial score (nSPS) is 26.1. The van der Waals surface area contributed by atoms with Crippen LogP contribution in [0.3, 0.4) is 0 Å². The van der Waals surface area contributed by atoms with Gasteiger partial charge in [-0.15, -0.1) is 0 Å². The second-order valence-corrected chi connectivity index (χ2v) is 6.72. The third kappa shape index (κ3) is 2.47. The molecule has 0 radical (unpaired) electrons. The van der Waals surface area contributed by atoms with E-state index in [2.05, 4.69) is 4.98 Å². The minimum Gasteiger partial charge on any atom is -0.389 e. The van der Waals surface area contributed by atoms with E-state index in [0.717, 1.165) is 0 Å². The molecule has 1 aliphatic heterocycles. The minimum atomic E-state index is -3.83. The van der Waals surface area contributed by atoms with Gasteiger partial charge in [-0.3, -0.25) is 4.79 Å². The summed E-state index contributed by atoms with van der Waals surface area (Å²) in [4.78, 5) is 13.9. The highest BCUT2D eigenvalue weighted by molar-refractivity contribution is 7.89. The molecule has 1 saturated heterocycles. The molecule has 100 valence electrons. The summed E-state index contributed by atoms with van der Waals surface area (Å²) in [5.74, 6) is 0. The van der Waals surface area contributed by atoms with Gasteiger partial charge in [-0.25, -0.2) is 8.42 Å². The van der Waals surface area contributed by atoms with Crippen LogP contribution < -0.4 is 5.43 Å². The van der Waals surface area contributed by atoms with Gasteiger partial charge in [-0.2, -0.15) is 4.31 Å². The Bertz CT molecular complexity index is 591. The van der Waals surface area contributed by atoms with Crippen LogP contribution in [0.2, 0.25) is 0 Å². The van der Waals surface area contributed by atoms with Crippen molar-refractivity contribution in [1.29, 1.82) is 0 Å². The predicted octanol–water partition coefficient (Wildman–Crippen LogP) is -0.0896. The Morgan fingerprint density at radius 1 is 1.50 bits per heavy atom. The number of aromatic amines is 1. The van der Waals surface area contributed by atoms with Gasteiger partial charge in [0.05, 0.1) is 5.60 Å². The van der Waals surface area contributed by atoms with Crippen molar-refractivity contribution in [3.63, 3.8) is 0 Å². The molecule has 0 amide bonds.